The lowest BCUT2D eigenvalue weighted by molar-refractivity contribution is -0.124. The molecule has 1 amide bonds. The highest BCUT2D eigenvalue weighted by Crippen LogP contribution is 2.27. The highest BCUT2D eigenvalue weighted by molar-refractivity contribution is 7.90. The van der Waals surface area contributed by atoms with Gasteiger partial charge in [-0.15, -0.1) is 0 Å². The number of carbonyl (C=O) groups is 1. The van der Waals surface area contributed by atoms with Crippen molar-refractivity contribution < 1.29 is 13.2 Å². The van der Waals surface area contributed by atoms with E-state index in [2.05, 4.69) is 11.4 Å². The summed E-state index contributed by atoms with van der Waals surface area (Å²) in [6, 6.07) is 8.95. The van der Waals surface area contributed by atoms with Gasteiger partial charge in [-0.3, -0.25) is 9.69 Å². The van der Waals surface area contributed by atoms with Crippen LogP contribution in [0.25, 0.3) is 0 Å². The molecular weight excluding hydrogens is 350 g/mol. The molecule has 7 heteroatoms. The van der Waals surface area contributed by atoms with Gasteiger partial charge in [-0.25, -0.2) is 8.42 Å². The van der Waals surface area contributed by atoms with E-state index in [4.69, 9.17) is 0 Å². The lowest BCUT2D eigenvalue weighted by Gasteiger charge is -2.33. The number of nitriles is 1. The summed E-state index contributed by atoms with van der Waals surface area (Å²) in [7, 11) is -1.38. The van der Waals surface area contributed by atoms with Crippen molar-refractivity contribution in [1.29, 1.82) is 5.26 Å². The number of carbonyl (C=O) groups excluding carboxylic acids is 1. The van der Waals surface area contributed by atoms with Gasteiger partial charge in [-0.05, 0) is 44.5 Å². The Hall–Kier alpha value is -1.91. The molecule has 0 radical (unpaired) electrons. The Balaban J connectivity index is 1.99. The standard InChI is InChI=1S/C19H27N3O3S/c1-15(16-7-9-17(10-8-16)26(3,24)25)22(2)13-18(23)21-19(14-20)11-5-4-6-12-19/h7-10,15H,4-6,11-13H2,1-3H3,(H,21,23)/t15-/m0/s1. The zero-order valence-corrected chi connectivity index (χ0v) is 16.5. The minimum absolute atomic E-state index is 0.0567. The quantitative estimate of drug-likeness (QED) is 0.822. The predicted octanol–water partition coefficient (Wildman–Crippen LogP) is 2.43. The molecule has 0 saturated heterocycles. The normalized spacial score (nSPS) is 18.1. The molecule has 0 aromatic heterocycles. The van der Waals surface area contributed by atoms with Crippen molar-refractivity contribution in [1.82, 2.24) is 10.2 Å². The molecule has 6 nitrogen and oxygen atoms in total. The fraction of sp³-hybridized carbons (Fsp3) is 0.579. The van der Waals surface area contributed by atoms with Crippen LogP contribution in [0.15, 0.2) is 29.2 Å². The highest BCUT2D eigenvalue weighted by Gasteiger charge is 2.33. The molecule has 0 heterocycles. The lowest BCUT2D eigenvalue weighted by atomic mass is 9.83. The molecule has 1 saturated carbocycles. The van der Waals surface area contributed by atoms with Gasteiger partial charge < -0.3 is 5.32 Å². The van der Waals surface area contributed by atoms with Crippen molar-refractivity contribution in [3.05, 3.63) is 29.8 Å². The maximum atomic E-state index is 12.4. The number of nitrogens with one attached hydrogen (secondary N) is 1. The van der Waals surface area contributed by atoms with E-state index in [0.29, 0.717) is 12.8 Å². The third-order valence-electron chi connectivity index (χ3n) is 5.14. The van der Waals surface area contributed by atoms with Crippen LogP contribution >= 0.6 is 0 Å². The summed E-state index contributed by atoms with van der Waals surface area (Å²) in [4.78, 5) is 14.6. The van der Waals surface area contributed by atoms with Crippen LogP contribution in [0.2, 0.25) is 0 Å². The van der Waals surface area contributed by atoms with E-state index in [0.717, 1.165) is 24.8 Å². The number of rotatable bonds is 6. The number of hydrogen-bond donors (Lipinski definition) is 1. The third-order valence-corrected chi connectivity index (χ3v) is 6.27. The van der Waals surface area contributed by atoms with Crippen LogP contribution in [0, 0.1) is 11.3 Å². The SMILES string of the molecule is C[C@@H](c1ccc(S(C)(=O)=O)cc1)N(C)CC(=O)NC1(C#N)CCCCC1. The van der Waals surface area contributed by atoms with Crippen LogP contribution in [0.1, 0.15) is 50.6 Å². The smallest absolute Gasteiger partial charge is 0.235 e. The van der Waals surface area contributed by atoms with Gasteiger partial charge in [-0.1, -0.05) is 31.4 Å². The summed E-state index contributed by atoms with van der Waals surface area (Å²) in [5.41, 5.74) is 0.205. The van der Waals surface area contributed by atoms with Gasteiger partial charge in [0.25, 0.3) is 0 Å². The molecular formula is C19H27N3O3S. The summed E-state index contributed by atoms with van der Waals surface area (Å²) in [6.07, 6.45) is 5.64. The molecule has 0 spiro atoms. The van der Waals surface area contributed by atoms with Crippen LogP contribution in [-0.4, -0.2) is 44.6 Å². The second kappa shape index (κ2) is 8.19. The molecule has 1 aliphatic rings. The summed E-state index contributed by atoms with van der Waals surface area (Å²) >= 11 is 0. The van der Waals surface area contributed by atoms with Gasteiger partial charge >= 0.3 is 0 Å². The topological polar surface area (TPSA) is 90.3 Å². The minimum atomic E-state index is -3.22. The number of likely N-dealkylation sites (N-methyl/N-ethyl adjacent to an activating group) is 1. The van der Waals surface area contributed by atoms with Crippen LogP contribution < -0.4 is 5.32 Å². The average molecular weight is 378 g/mol. The Labute approximate surface area is 156 Å². The molecule has 1 aromatic rings. The largest absolute Gasteiger partial charge is 0.337 e. The Kier molecular flexibility index (Phi) is 6.43. The van der Waals surface area contributed by atoms with Gasteiger partial charge in [0.15, 0.2) is 9.84 Å². The Morgan fingerprint density at radius 2 is 1.85 bits per heavy atom. The fourth-order valence-electron chi connectivity index (χ4n) is 3.34. The molecule has 142 valence electrons. The van der Waals surface area contributed by atoms with Crippen molar-refractivity contribution in [2.24, 2.45) is 0 Å². The predicted molar refractivity (Wildman–Crippen MR) is 100 cm³/mol. The average Bonchev–Trinajstić information content (AvgIpc) is 2.61. The number of hydrogen-bond acceptors (Lipinski definition) is 5. The molecule has 0 unspecified atom stereocenters. The van der Waals surface area contributed by atoms with E-state index in [1.165, 1.54) is 6.26 Å². The van der Waals surface area contributed by atoms with Gasteiger partial charge in [0.1, 0.15) is 5.54 Å². The molecule has 1 N–H and O–H groups in total. The molecule has 1 atom stereocenters. The Morgan fingerprint density at radius 1 is 1.27 bits per heavy atom. The number of nitrogens with zero attached hydrogens (tertiary/aromatic N) is 2. The van der Waals surface area contributed by atoms with E-state index < -0.39 is 15.4 Å². The van der Waals surface area contributed by atoms with Crippen LogP contribution in [-0.2, 0) is 14.6 Å². The van der Waals surface area contributed by atoms with Gasteiger partial charge in [0.05, 0.1) is 17.5 Å². The van der Waals surface area contributed by atoms with Crippen molar-refractivity contribution >= 4 is 15.7 Å². The second-order valence-electron chi connectivity index (χ2n) is 7.24. The van der Waals surface area contributed by atoms with Crippen molar-refractivity contribution in [2.45, 2.75) is 55.5 Å². The lowest BCUT2D eigenvalue weighted by Crippen LogP contribution is -2.51. The first-order valence-electron chi connectivity index (χ1n) is 8.89. The summed E-state index contributed by atoms with van der Waals surface area (Å²) in [6.45, 7) is 2.14. The third kappa shape index (κ3) is 5.05. The first-order valence-corrected chi connectivity index (χ1v) is 10.8. The molecule has 1 fully saturated rings. The van der Waals surface area contributed by atoms with Crippen LogP contribution in [0.4, 0.5) is 0 Å². The molecule has 0 bridgehead atoms. The van der Waals surface area contributed by atoms with Crippen LogP contribution in [0.3, 0.4) is 0 Å². The van der Waals surface area contributed by atoms with Gasteiger partial charge in [0, 0.05) is 12.3 Å². The van der Waals surface area contributed by atoms with E-state index in [1.807, 2.05) is 18.9 Å². The monoisotopic (exact) mass is 377 g/mol. The van der Waals surface area contributed by atoms with E-state index >= 15 is 0 Å². The van der Waals surface area contributed by atoms with Crippen LogP contribution in [0.5, 0.6) is 0 Å². The van der Waals surface area contributed by atoms with Gasteiger partial charge in [0.2, 0.25) is 5.91 Å². The number of benzene rings is 1. The van der Waals surface area contributed by atoms with Gasteiger partial charge in [-0.2, -0.15) is 5.26 Å². The Morgan fingerprint density at radius 3 is 2.35 bits per heavy atom. The zero-order valence-electron chi connectivity index (χ0n) is 15.7. The molecule has 26 heavy (non-hydrogen) atoms. The molecule has 2 rings (SSSR count). The van der Waals surface area contributed by atoms with E-state index in [-0.39, 0.29) is 23.4 Å². The van der Waals surface area contributed by atoms with Crippen molar-refractivity contribution in [2.75, 3.05) is 19.8 Å². The maximum absolute atomic E-state index is 12.4. The van der Waals surface area contributed by atoms with E-state index in [9.17, 15) is 18.5 Å². The first kappa shape index (κ1) is 20.4. The fourth-order valence-corrected chi connectivity index (χ4v) is 3.97. The Bertz CT molecular complexity index is 775. The zero-order chi connectivity index (χ0) is 19.4. The maximum Gasteiger partial charge on any atom is 0.235 e. The second-order valence-corrected chi connectivity index (χ2v) is 9.25. The molecule has 1 aromatic carbocycles. The highest BCUT2D eigenvalue weighted by atomic mass is 32.2. The van der Waals surface area contributed by atoms with Crippen molar-refractivity contribution in [3.8, 4) is 6.07 Å². The number of sulfone groups is 1. The first-order chi connectivity index (χ1) is 12.2. The summed E-state index contributed by atoms with van der Waals surface area (Å²) in [5.74, 6) is -0.157. The minimum Gasteiger partial charge on any atom is -0.337 e. The van der Waals surface area contributed by atoms with E-state index in [1.54, 1.807) is 24.3 Å². The van der Waals surface area contributed by atoms with Crippen molar-refractivity contribution in [3.63, 3.8) is 0 Å². The number of amides is 1. The molecule has 0 aliphatic heterocycles. The summed E-state index contributed by atoms with van der Waals surface area (Å²) in [5, 5.41) is 12.4. The summed E-state index contributed by atoms with van der Waals surface area (Å²) < 4.78 is 23.1. The molecule has 1 aliphatic carbocycles.